The Labute approximate surface area is 94.9 Å². The van der Waals surface area contributed by atoms with Crippen molar-refractivity contribution >= 4 is 17.5 Å². The molecule has 0 atom stereocenters. The van der Waals surface area contributed by atoms with E-state index in [2.05, 4.69) is 11.9 Å². The van der Waals surface area contributed by atoms with Crippen LogP contribution in [-0.4, -0.2) is 5.91 Å². The number of aryl methyl sites for hydroxylation is 2. The van der Waals surface area contributed by atoms with Crippen LogP contribution in [0.25, 0.3) is 0 Å². The van der Waals surface area contributed by atoms with Gasteiger partial charge in [-0.1, -0.05) is 30.3 Å². The van der Waals surface area contributed by atoms with Crippen LogP contribution in [-0.2, 0) is 11.3 Å². The first-order valence-electron chi connectivity index (χ1n) is 4.71. The lowest BCUT2D eigenvalue weighted by Gasteiger charge is -2.10. The van der Waals surface area contributed by atoms with E-state index < -0.39 is 0 Å². The van der Waals surface area contributed by atoms with Crippen LogP contribution in [0, 0.1) is 13.8 Å². The number of carbonyl (C=O) groups is 1. The van der Waals surface area contributed by atoms with Crippen LogP contribution in [0.3, 0.4) is 0 Å². The van der Waals surface area contributed by atoms with E-state index in [4.69, 9.17) is 11.6 Å². The Bertz CT molecular complexity index is 399. The Morgan fingerprint density at radius 2 is 2.07 bits per heavy atom. The van der Waals surface area contributed by atoms with E-state index >= 15 is 0 Å². The monoisotopic (exact) mass is 223 g/mol. The Morgan fingerprint density at radius 1 is 1.47 bits per heavy atom. The normalized spacial score (nSPS) is 9.80. The third-order valence-corrected chi connectivity index (χ3v) is 2.82. The van der Waals surface area contributed by atoms with E-state index in [1.807, 2.05) is 26.0 Å². The molecule has 0 radical (unpaired) electrons. The molecule has 1 aromatic carbocycles. The lowest BCUT2D eigenvalue weighted by atomic mass is 10.1. The molecular formula is C12H14ClNO. The van der Waals surface area contributed by atoms with E-state index in [9.17, 15) is 4.79 Å². The fraction of sp³-hybridized carbons (Fsp3) is 0.250. The zero-order valence-corrected chi connectivity index (χ0v) is 9.69. The highest BCUT2D eigenvalue weighted by Crippen LogP contribution is 2.23. The van der Waals surface area contributed by atoms with Gasteiger partial charge in [-0.05, 0) is 36.6 Å². The molecule has 0 saturated carbocycles. The lowest BCUT2D eigenvalue weighted by molar-refractivity contribution is -0.116. The third-order valence-electron chi connectivity index (χ3n) is 2.30. The van der Waals surface area contributed by atoms with Crippen LogP contribution in [0.15, 0.2) is 24.8 Å². The maximum absolute atomic E-state index is 11.0. The maximum Gasteiger partial charge on any atom is 0.243 e. The van der Waals surface area contributed by atoms with Gasteiger partial charge in [0.15, 0.2) is 0 Å². The Balaban J connectivity index is 2.89. The molecule has 1 N–H and O–H groups in total. The molecule has 0 aromatic heterocycles. The number of amides is 1. The van der Waals surface area contributed by atoms with Gasteiger partial charge in [-0.25, -0.2) is 0 Å². The predicted octanol–water partition coefficient (Wildman–Crippen LogP) is 2.76. The standard InChI is InChI=1S/C12H14ClNO/c1-4-11(15)14-7-10-8(2)5-6-9(3)12(10)13/h4-6H,1,7H2,2-3H3,(H,14,15). The molecule has 0 heterocycles. The first kappa shape index (κ1) is 11.8. The van der Waals surface area contributed by atoms with Crippen molar-refractivity contribution in [2.24, 2.45) is 0 Å². The first-order chi connectivity index (χ1) is 7.06. The third kappa shape index (κ3) is 2.83. The van der Waals surface area contributed by atoms with Crippen molar-refractivity contribution < 1.29 is 4.79 Å². The minimum Gasteiger partial charge on any atom is -0.348 e. The second-order valence-electron chi connectivity index (χ2n) is 3.41. The summed E-state index contributed by atoms with van der Waals surface area (Å²) in [5.41, 5.74) is 3.06. The molecule has 0 aliphatic rings. The number of hydrogen-bond acceptors (Lipinski definition) is 1. The summed E-state index contributed by atoms with van der Waals surface area (Å²) in [5, 5.41) is 3.44. The smallest absolute Gasteiger partial charge is 0.243 e. The molecule has 0 aliphatic carbocycles. The van der Waals surface area contributed by atoms with Crippen molar-refractivity contribution in [1.82, 2.24) is 5.32 Å². The largest absolute Gasteiger partial charge is 0.348 e. The number of benzene rings is 1. The molecule has 0 unspecified atom stereocenters. The van der Waals surface area contributed by atoms with Gasteiger partial charge in [0.2, 0.25) is 5.91 Å². The van der Waals surface area contributed by atoms with Gasteiger partial charge < -0.3 is 5.32 Å². The van der Waals surface area contributed by atoms with Gasteiger partial charge in [0, 0.05) is 11.6 Å². The number of hydrogen-bond donors (Lipinski definition) is 1. The second kappa shape index (κ2) is 4.99. The predicted molar refractivity (Wildman–Crippen MR) is 63.0 cm³/mol. The highest BCUT2D eigenvalue weighted by Gasteiger charge is 2.07. The van der Waals surface area contributed by atoms with Crippen LogP contribution >= 0.6 is 11.6 Å². The second-order valence-corrected chi connectivity index (χ2v) is 3.79. The highest BCUT2D eigenvalue weighted by molar-refractivity contribution is 6.32. The number of rotatable bonds is 3. The van der Waals surface area contributed by atoms with Crippen molar-refractivity contribution in [3.8, 4) is 0 Å². The average molecular weight is 224 g/mol. The summed E-state index contributed by atoms with van der Waals surface area (Å²) in [6, 6.07) is 3.97. The lowest BCUT2D eigenvalue weighted by Crippen LogP contribution is -2.20. The van der Waals surface area contributed by atoms with Crippen LogP contribution in [0.2, 0.25) is 5.02 Å². The summed E-state index contributed by atoms with van der Waals surface area (Å²) in [7, 11) is 0. The van der Waals surface area contributed by atoms with Crippen molar-refractivity contribution in [3.05, 3.63) is 46.5 Å². The summed E-state index contributed by atoms with van der Waals surface area (Å²) in [6.07, 6.45) is 1.25. The fourth-order valence-corrected chi connectivity index (χ4v) is 1.58. The van der Waals surface area contributed by atoms with Gasteiger partial charge in [0.25, 0.3) is 0 Å². The molecule has 0 fully saturated rings. The molecule has 1 amide bonds. The molecule has 2 nitrogen and oxygen atoms in total. The van der Waals surface area contributed by atoms with Gasteiger partial charge in [0.1, 0.15) is 0 Å². The van der Waals surface area contributed by atoms with Gasteiger partial charge in [-0.15, -0.1) is 0 Å². The molecule has 1 aromatic rings. The average Bonchev–Trinajstić information content (AvgIpc) is 2.23. The molecule has 0 bridgehead atoms. The molecule has 80 valence electrons. The van der Waals surface area contributed by atoms with E-state index in [1.165, 1.54) is 6.08 Å². The van der Waals surface area contributed by atoms with E-state index in [0.29, 0.717) is 6.54 Å². The highest BCUT2D eigenvalue weighted by atomic mass is 35.5. The Hall–Kier alpha value is -1.28. The summed E-state index contributed by atoms with van der Waals surface area (Å²) in [6.45, 7) is 7.75. The molecule has 0 saturated heterocycles. The molecule has 1 rings (SSSR count). The summed E-state index contributed by atoms with van der Waals surface area (Å²) < 4.78 is 0. The van der Waals surface area contributed by atoms with Crippen molar-refractivity contribution in [3.63, 3.8) is 0 Å². The van der Waals surface area contributed by atoms with Gasteiger partial charge in [-0.3, -0.25) is 4.79 Å². The van der Waals surface area contributed by atoms with Crippen LogP contribution < -0.4 is 5.32 Å². The quantitative estimate of drug-likeness (QED) is 0.785. The van der Waals surface area contributed by atoms with Crippen molar-refractivity contribution in [2.45, 2.75) is 20.4 Å². The van der Waals surface area contributed by atoms with Gasteiger partial charge >= 0.3 is 0 Å². The molecule has 0 spiro atoms. The summed E-state index contributed by atoms with van der Waals surface area (Å²) in [4.78, 5) is 11.0. The molecule has 0 aliphatic heterocycles. The van der Waals surface area contributed by atoms with Crippen molar-refractivity contribution in [2.75, 3.05) is 0 Å². The summed E-state index contributed by atoms with van der Waals surface area (Å²) >= 11 is 6.15. The van der Waals surface area contributed by atoms with E-state index in [-0.39, 0.29) is 5.91 Å². The van der Waals surface area contributed by atoms with Gasteiger partial charge in [-0.2, -0.15) is 0 Å². The maximum atomic E-state index is 11.0. The number of nitrogens with one attached hydrogen (secondary N) is 1. The zero-order chi connectivity index (χ0) is 11.4. The fourth-order valence-electron chi connectivity index (χ4n) is 1.30. The van der Waals surface area contributed by atoms with Crippen LogP contribution in [0.5, 0.6) is 0 Å². The van der Waals surface area contributed by atoms with Crippen LogP contribution in [0.1, 0.15) is 16.7 Å². The SMILES string of the molecule is C=CC(=O)NCc1c(C)ccc(C)c1Cl. The zero-order valence-electron chi connectivity index (χ0n) is 8.93. The van der Waals surface area contributed by atoms with E-state index in [0.717, 1.165) is 21.7 Å². The summed E-state index contributed by atoms with van der Waals surface area (Å²) in [5.74, 6) is -0.188. The van der Waals surface area contributed by atoms with Crippen molar-refractivity contribution in [1.29, 1.82) is 0 Å². The topological polar surface area (TPSA) is 29.1 Å². The van der Waals surface area contributed by atoms with E-state index in [1.54, 1.807) is 0 Å². The molecule has 3 heteroatoms. The minimum absolute atomic E-state index is 0.188. The minimum atomic E-state index is -0.188. The van der Waals surface area contributed by atoms with Crippen LogP contribution in [0.4, 0.5) is 0 Å². The van der Waals surface area contributed by atoms with Gasteiger partial charge in [0.05, 0.1) is 0 Å². The Morgan fingerprint density at radius 3 is 2.67 bits per heavy atom. The number of halogens is 1. The molecule has 15 heavy (non-hydrogen) atoms. The number of carbonyl (C=O) groups excluding carboxylic acids is 1. The first-order valence-corrected chi connectivity index (χ1v) is 5.09. The molecular weight excluding hydrogens is 210 g/mol. The Kier molecular flexibility index (Phi) is 3.92.